The molecule has 28 heavy (non-hydrogen) atoms. The number of rotatable bonds is 7. The summed E-state index contributed by atoms with van der Waals surface area (Å²) in [5.41, 5.74) is 1.73. The molecule has 1 amide bonds. The van der Waals surface area contributed by atoms with E-state index < -0.39 is 5.91 Å². The second-order valence-corrected chi connectivity index (χ2v) is 6.99. The van der Waals surface area contributed by atoms with Gasteiger partial charge in [0.1, 0.15) is 11.5 Å². The quantitative estimate of drug-likeness (QED) is 0.445. The molecule has 1 N–H and O–H groups in total. The number of benzene rings is 2. The summed E-state index contributed by atoms with van der Waals surface area (Å²) in [5, 5.41) is 3.41. The van der Waals surface area contributed by atoms with Gasteiger partial charge in [0.2, 0.25) is 0 Å². The molecule has 0 atom stereocenters. The van der Waals surface area contributed by atoms with Gasteiger partial charge in [0.05, 0.1) is 31.1 Å². The Hall–Kier alpha value is -2.77. The van der Waals surface area contributed by atoms with Crippen LogP contribution in [0.3, 0.4) is 0 Å². The van der Waals surface area contributed by atoms with Crippen molar-refractivity contribution >= 4 is 35.0 Å². The van der Waals surface area contributed by atoms with Crippen LogP contribution in [-0.4, -0.2) is 30.1 Å². The van der Waals surface area contributed by atoms with Crippen molar-refractivity contribution in [1.82, 2.24) is 9.97 Å². The topological polar surface area (TPSA) is 73.3 Å². The predicted molar refractivity (Wildman–Crippen MR) is 111 cm³/mol. The lowest BCUT2D eigenvalue weighted by atomic mass is 10.2. The Labute approximate surface area is 172 Å². The molecule has 0 aliphatic rings. The SMILES string of the molecule is COc1ccc(NC(=O)c2nc(SCc3ccccc3)ncc2Cl)c(OC)c1. The van der Waals surface area contributed by atoms with Gasteiger partial charge in [0.15, 0.2) is 10.9 Å². The van der Waals surface area contributed by atoms with Gasteiger partial charge in [-0.15, -0.1) is 0 Å². The number of thioether (sulfide) groups is 1. The number of nitrogens with zero attached hydrogens (tertiary/aromatic N) is 2. The van der Waals surface area contributed by atoms with E-state index in [-0.39, 0.29) is 10.7 Å². The van der Waals surface area contributed by atoms with Crippen LogP contribution in [0.4, 0.5) is 5.69 Å². The van der Waals surface area contributed by atoms with Crippen LogP contribution in [-0.2, 0) is 5.75 Å². The number of aromatic nitrogens is 2. The Morgan fingerprint density at radius 2 is 1.93 bits per heavy atom. The monoisotopic (exact) mass is 415 g/mol. The van der Waals surface area contributed by atoms with Crippen molar-refractivity contribution in [3.05, 3.63) is 71.0 Å². The lowest BCUT2D eigenvalue weighted by Crippen LogP contribution is -2.15. The second kappa shape index (κ2) is 9.43. The van der Waals surface area contributed by atoms with E-state index in [1.807, 2.05) is 30.3 Å². The molecule has 0 spiro atoms. The zero-order valence-corrected chi connectivity index (χ0v) is 16.9. The highest BCUT2D eigenvalue weighted by Gasteiger charge is 2.17. The maximum atomic E-state index is 12.7. The van der Waals surface area contributed by atoms with E-state index in [4.69, 9.17) is 21.1 Å². The number of carbonyl (C=O) groups is 1. The lowest BCUT2D eigenvalue weighted by Gasteiger charge is -2.12. The van der Waals surface area contributed by atoms with E-state index >= 15 is 0 Å². The van der Waals surface area contributed by atoms with Crippen LogP contribution in [0.1, 0.15) is 16.1 Å². The van der Waals surface area contributed by atoms with E-state index in [9.17, 15) is 4.79 Å². The van der Waals surface area contributed by atoms with Gasteiger partial charge >= 0.3 is 0 Å². The molecular formula is C20H18ClN3O3S. The smallest absolute Gasteiger partial charge is 0.276 e. The Kier molecular flexibility index (Phi) is 6.73. The number of halogens is 1. The van der Waals surface area contributed by atoms with Crippen LogP contribution in [0.15, 0.2) is 59.9 Å². The minimum absolute atomic E-state index is 0.102. The van der Waals surface area contributed by atoms with Gasteiger partial charge in [0, 0.05) is 11.8 Å². The van der Waals surface area contributed by atoms with E-state index in [1.54, 1.807) is 25.3 Å². The van der Waals surface area contributed by atoms with Gasteiger partial charge in [-0.05, 0) is 17.7 Å². The van der Waals surface area contributed by atoms with Crippen molar-refractivity contribution in [2.75, 3.05) is 19.5 Å². The first-order valence-electron chi connectivity index (χ1n) is 8.33. The minimum atomic E-state index is -0.447. The highest BCUT2D eigenvalue weighted by molar-refractivity contribution is 7.98. The fraction of sp³-hybridized carbons (Fsp3) is 0.150. The van der Waals surface area contributed by atoms with E-state index in [1.165, 1.54) is 25.1 Å². The van der Waals surface area contributed by atoms with Crippen molar-refractivity contribution in [2.24, 2.45) is 0 Å². The van der Waals surface area contributed by atoms with Crippen molar-refractivity contribution in [3.8, 4) is 11.5 Å². The molecular weight excluding hydrogens is 398 g/mol. The van der Waals surface area contributed by atoms with Gasteiger partial charge in [-0.3, -0.25) is 4.79 Å². The van der Waals surface area contributed by atoms with E-state index in [0.717, 1.165) is 5.56 Å². The van der Waals surface area contributed by atoms with Gasteiger partial charge < -0.3 is 14.8 Å². The molecule has 0 bridgehead atoms. The van der Waals surface area contributed by atoms with Crippen LogP contribution in [0.2, 0.25) is 5.02 Å². The maximum Gasteiger partial charge on any atom is 0.276 e. The normalized spacial score (nSPS) is 10.4. The Morgan fingerprint density at radius 1 is 1.14 bits per heavy atom. The molecule has 0 aliphatic carbocycles. The third-order valence-electron chi connectivity index (χ3n) is 3.80. The number of ether oxygens (including phenoxy) is 2. The number of hydrogen-bond donors (Lipinski definition) is 1. The zero-order chi connectivity index (χ0) is 19.9. The summed E-state index contributed by atoms with van der Waals surface area (Å²) in [6.45, 7) is 0. The first kappa shape index (κ1) is 20.0. The summed E-state index contributed by atoms with van der Waals surface area (Å²) < 4.78 is 10.5. The molecule has 0 fully saturated rings. The molecule has 6 nitrogen and oxygen atoms in total. The summed E-state index contributed by atoms with van der Waals surface area (Å²) in [4.78, 5) is 21.2. The zero-order valence-electron chi connectivity index (χ0n) is 15.3. The number of hydrogen-bond acceptors (Lipinski definition) is 6. The molecule has 0 unspecified atom stereocenters. The largest absolute Gasteiger partial charge is 0.497 e. The average Bonchev–Trinajstić information content (AvgIpc) is 2.74. The molecule has 0 saturated carbocycles. The van der Waals surface area contributed by atoms with Crippen molar-refractivity contribution in [3.63, 3.8) is 0 Å². The van der Waals surface area contributed by atoms with Gasteiger partial charge in [-0.25, -0.2) is 9.97 Å². The molecule has 0 saturated heterocycles. The molecule has 0 aliphatic heterocycles. The van der Waals surface area contributed by atoms with Crippen LogP contribution in [0.5, 0.6) is 11.5 Å². The van der Waals surface area contributed by atoms with Crippen molar-refractivity contribution in [2.45, 2.75) is 10.9 Å². The summed E-state index contributed by atoms with van der Waals surface area (Å²) in [7, 11) is 3.07. The third-order valence-corrected chi connectivity index (χ3v) is 5.01. The fourth-order valence-electron chi connectivity index (χ4n) is 2.39. The Morgan fingerprint density at radius 3 is 2.64 bits per heavy atom. The number of methoxy groups -OCH3 is 2. The minimum Gasteiger partial charge on any atom is -0.497 e. The van der Waals surface area contributed by atoms with Crippen LogP contribution >= 0.6 is 23.4 Å². The fourth-order valence-corrected chi connectivity index (χ4v) is 3.33. The average molecular weight is 416 g/mol. The summed E-state index contributed by atoms with van der Waals surface area (Å²) in [6, 6.07) is 15.0. The molecule has 3 aromatic rings. The number of carbonyl (C=O) groups excluding carboxylic acids is 1. The molecule has 0 radical (unpaired) electrons. The summed E-state index contributed by atoms with van der Waals surface area (Å²) in [6.07, 6.45) is 1.43. The molecule has 1 aromatic heterocycles. The first-order valence-corrected chi connectivity index (χ1v) is 9.69. The standard InChI is InChI=1S/C20H18ClN3O3S/c1-26-14-8-9-16(17(10-14)27-2)23-19(25)18-15(21)11-22-20(24-18)28-12-13-6-4-3-5-7-13/h3-11H,12H2,1-2H3,(H,23,25). The van der Waals surface area contributed by atoms with Crippen LogP contribution in [0.25, 0.3) is 0 Å². The summed E-state index contributed by atoms with van der Waals surface area (Å²) in [5.74, 6) is 1.33. The molecule has 8 heteroatoms. The van der Waals surface area contributed by atoms with Gasteiger partial charge in [-0.1, -0.05) is 53.7 Å². The van der Waals surface area contributed by atoms with Crippen LogP contribution < -0.4 is 14.8 Å². The molecule has 144 valence electrons. The third kappa shape index (κ3) is 4.94. The molecule has 2 aromatic carbocycles. The van der Waals surface area contributed by atoms with Crippen molar-refractivity contribution in [1.29, 1.82) is 0 Å². The van der Waals surface area contributed by atoms with E-state index in [0.29, 0.717) is 28.1 Å². The Bertz CT molecular complexity index is 970. The summed E-state index contributed by atoms with van der Waals surface area (Å²) >= 11 is 7.58. The Balaban J connectivity index is 1.76. The lowest BCUT2D eigenvalue weighted by molar-refractivity contribution is 0.102. The molecule has 1 heterocycles. The highest BCUT2D eigenvalue weighted by Crippen LogP contribution is 2.30. The van der Waals surface area contributed by atoms with Crippen LogP contribution in [0, 0.1) is 0 Å². The highest BCUT2D eigenvalue weighted by atomic mass is 35.5. The second-order valence-electron chi connectivity index (χ2n) is 5.64. The first-order chi connectivity index (χ1) is 13.6. The molecule has 3 rings (SSSR count). The number of amides is 1. The van der Waals surface area contributed by atoms with Gasteiger partial charge in [0.25, 0.3) is 5.91 Å². The van der Waals surface area contributed by atoms with Gasteiger partial charge in [-0.2, -0.15) is 0 Å². The maximum absolute atomic E-state index is 12.7. The number of anilines is 1. The van der Waals surface area contributed by atoms with Crippen molar-refractivity contribution < 1.29 is 14.3 Å². The predicted octanol–water partition coefficient (Wildman–Crippen LogP) is 4.69. The van der Waals surface area contributed by atoms with E-state index in [2.05, 4.69) is 15.3 Å². The number of nitrogens with one attached hydrogen (secondary N) is 1.